The lowest BCUT2D eigenvalue weighted by Gasteiger charge is -2.22. The fourth-order valence-electron chi connectivity index (χ4n) is 1.78. The molecule has 1 aromatic heterocycles. The summed E-state index contributed by atoms with van der Waals surface area (Å²) in [7, 11) is -1.92. The Morgan fingerprint density at radius 3 is 2.94 bits per heavy atom. The molecular weight excluding hydrogens is 264 g/mol. The number of aromatic nitrogens is 2. The lowest BCUT2D eigenvalue weighted by Crippen LogP contribution is -2.45. The molecule has 0 aromatic carbocycles. The summed E-state index contributed by atoms with van der Waals surface area (Å²) in [6.07, 6.45) is 3.21. The predicted molar refractivity (Wildman–Crippen MR) is 64.4 cm³/mol. The summed E-state index contributed by atoms with van der Waals surface area (Å²) in [4.78, 5) is 3.80. The number of nitrogens with one attached hydrogen (secondary N) is 2. The molecule has 0 aliphatic carbocycles. The van der Waals surface area contributed by atoms with Gasteiger partial charge in [0.25, 0.3) is 10.0 Å². The fraction of sp³-hybridized carbons (Fsp3) is 0.667. The molecule has 17 heavy (non-hydrogen) atoms. The van der Waals surface area contributed by atoms with Gasteiger partial charge in [-0.25, -0.2) is 18.1 Å². The Hall–Kier alpha value is -0.630. The Morgan fingerprint density at radius 1 is 1.65 bits per heavy atom. The Bertz CT molecular complexity index is 474. The molecule has 6 nitrogen and oxygen atoms in total. The van der Waals surface area contributed by atoms with Gasteiger partial charge in [0.15, 0.2) is 5.03 Å². The molecule has 0 spiro atoms. The van der Waals surface area contributed by atoms with Crippen LogP contribution in [0.4, 0.5) is 0 Å². The summed E-state index contributed by atoms with van der Waals surface area (Å²) in [5, 5.41) is 3.27. The lowest BCUT2D eigenvalue weighted by atomic mass is 10.1. The van der Waals surface area contributed by atoms with Gasteiger partial charge >= 0.3 is 0 Å². The second-order valence-electron chi connectivity index (χ2n) is 4.12. The molecule has 2 rings (SSSR count). The van der Waals surface area contributed by atoms with Crippen molar-refractivity contribution in [3.8, 4) is 0 Å². The average molecular weight is 279 g/mol. The number of nitrogens with zero attached hydrogens (tertiary/aromatic N) is 2. The van der Waals surface area contributed by atoms with Gasteiger partial charge in [-0.3, -0.25) is 0 Å². The van der Waals surface area contributed by atoms with Crippen molar-refractivity contribution in [1.29, 1.82) is 0 Å². The first-order valence-electron chi connectivity index (χ1n) is 5.41. The second-order valence-corrected chi connectivity index (χ2v) is 6.12. The monoisotopic (exact) mass is 278 g/mol. The third-order valence-electron chi connectivity index (χ3n) is 2.69. The van der Waals surface area contributed by atoms with E-state index in [2.05, 4.69) is 15.0 Å². The van der Waals surface area contributed by atoms with Crippen LogP contribution in [0.2, 0.25) is 5.28 Å². The Labute approximate surface area is 105 Å². The van der Waals surface area contributed by atoms with Crippen molar-refractivity contribution < 1.29 is 8.42 Å². The van der Waals surface area contributed by atoms with Crippen molar-refractivity contribution in [2.45, 2.75) is 23.9 Å². The highest BCUT2D eigenvalue weighted by Gasteiger charge is 2.24. The van der Waals surface area contributed by atoms with Crippen molar-refractivity contribution in [2.75, 3.05) is 13.1 Å². The maximum Gasteiger partial charge on any atom is 0.259 e. The zero-order valence-electron chi connectivity index (χ0n) is 9.48. The number of hydrogen-bond donors (Lipinski definition) is 2. The van der Waals surface area contributed by atoms with Gasteiger partial charge < -0.3 is 9.88 Å². The van der Waals surface area contributed by atoms with Crippen LogP contribution < -0.4 is 10.0 Å². The number of rotatable bonds is 3. The molecule has 2 heterocycles. The molecule has 8 heteroatoms. The van der Waals surface area contributed by atoms with Crippen molar-refractivity contribution in [1.82, 2.24) is 19.6 Å². The molecule has 1 aliphatic rings. The lowest BCUT2D eigenvalue weighted by molar-refractivity contribution is 0.428. The topological polar surface area (TPSA) is 76.0 Å². The summed E-state index contributed by atoms with van der Waals surface area (Å²) in [5.41, 5.74) is 0. The van der Waals surface area contributed by atoms with Gasteiger partial charge in [-0.1, -0.05) is 0 Å². The first-order valence-corrected chi connectivity index (χ1v) is 7.27. The third kappa shape index (κ3) is 2.98. The van der Waals surface area contributed by atoms with Crippen LogP contribution in [0.15, 0.2) is 11.2 Å². The molecule has 0 amide bonds. The van der Waals surface area contributed by atoms with Gasteiger partial charge in [0, 0.05) is 25.8 Å². The number of hydrogen-bond acceptors (Lipinski definition) is 4. The fourth-order valence-corrected chi connectivity index (χ4v) is 3.23. The zero-order chi connectivity index (χ0) is 12.5. The van der Waals surface area contributed by atoms with Gasteiger partial charge in [-0.05, 0) is 31.0 Å². The van der Waals surface area contributed by atoms with E-state index in [1.165, 1.54) is 10.8 Å². The van der Waals surface area contributed by atoms with E-state index in [1.807, 2.05) is 0 Å². The standard InChI is InChI=1S/C9H15ClN4O2S/c1-14-6-8(12-9(14)10)17(15,16)13-7-3-2-4-11-5-7/h6-7,11,13H,2-5H2,1H3. The summed E-state index contributed by atoms with van der Waals surface area (Å²) in [5.74, 6) is 0. The SMILES string of the molecule is Cn1cc(S(=O)(=O)NC2CCCNC2)nc1Cl. The molecule has 1 fully saturated rings. The highest BCUT2D eigenvalue weighted by molar-refractivity contribution is 7.89. The van der Waals surface area contributed by atoms with E-state index < -0.39 is 10.0 Å². The third-order valence-corrected chi connectivity index (χ3v) is 4.43. The quantitative estimate of drug-likeness (QED) is 0.822. The number of imidazole rings is 1. The first kappa shape index (κ1) is 12.8. The van der Waals surface area contributed by atoms with Crippen molar-refractivity contribution in [3.63, 3.8) is 0 Å². The first-order chi connectivity index (χ1) is 7.99. The van der Waals surface area contributed by atoms with E-state index in [0.717, 1.165) is 19.4 Å². The van der Waals surface area contributed by atoms with E-state index in [0.29, 0.717) is 6.54 Å². The minimum atomic E-state index is -3.57. The van der Waals surface area contributed by atoms with Gasteiger partial charge in [0.05, 0.1) is 0 Å². The van der Waals surface area contributed by atoms with Crippen molar-refractivity contribution >= 4 is 21.6 Å². The van der Waals surface area contributed by atoms with E-state index in [-0.39, 0.29) is 16.4 Å². The molecule has 1 saturated heterocycles. The van der Waals surface area contributed by atoms with Gasteiger partial charge in [0.2, 0.25) is 5.28 Å². The zero-order valence-corrected chi connectivity index (χ0v) is 11.1. The van der Waals surface area contributed by atoms with Crippen LogP contribution in [0, 0.1) is 0 Å². The average Bonchev–Trinajstić information content (AvgIpc) is 2.61. The minimum Gasteiger partial charge on any atom is -0.323 e. The molecule has 2 N–H and O–H groups in total. The van der Waals surface area contributed by atoms with Gasteiger partial charge in [-0.2, -0.15) is 0 Å². The molecule has 96 valence electrons. The maximum absolute atomic E-state index is 12.0. The van der Waals surface area contributed by atoms with Crippen LogP contribution in [0.3, 0.4) is 0 Å². The molecule has 1 unspecified atom stereocenters. The molecule has 0 radical (unpaired) electrons. The summed E-state index contributed by atoms with van der Waals surface area (Å²) in [6, 6.07) is -0.0745. The predicted octanol–water partition coefficient (Wildman–Crippen LogP) is 0.104. The second kappa shape index (κ2) is 4.93. The summed E-state index contributed by atoms with van der Waals surface area (Å²) >= 11 is 5.73. The number of halogens is 1. The van der Waals surface area contributed by atoms with E-state index >= 15 is 0 Å². The van der Waals surface area contributed by atoms with Crippen molar-refractivity contribution in [3.05, 3.63) is 11.5 Å². The smallest absolute Gasteiger partial charge is 0.259 e. The Kier molecular flexibility index (Phi) is 3.72. The van der Waals surface area contributed by atoms with E-state index in [4.69, 9.17) is 11.6 Å². The van der Waals surface area contributed by atoms with Gasteiger partial charge in [0.1, 0.15) is 0 Å². The van der Waals surface area contributed by atoms with Crippen LogP contribution in [0.25, 0.3) is 0 Å². The van der Waals surface area contributed by atoms with E-state index in [1.54, 1.807) is 7.05 Å². The number of sulfonamides is 1. The largest absolute Gasteiger partial charge is 0.323 e. The Morgan fingerprint density at radius 2 is 2.41 bits per heavy atom. The van der Waals surface area contributed by atoms with Crippen LogP contribution in [-0.4, -0.2) is 37.1 Å². The molecule has 0 saturated carbocycles. The maximum atomic E-state index is 12.0. The molecule has 1 atom stereocenters. The van der Waals surface area contributed by atoms with E-state index in [9.17, 15) is 8.42 Å². The highest BCUT2D eigenvalue weighted by Crippen LogP contribution is 2.13. The molecule has 0 bridgehead atoms. The summed E-state index contributed by atoms with van der Waals surface area (Å²) < 4.78 is 28.1. The summed E-state index contributed by atoms with van der Waals surface area (Å²) in [6.45, 7) is 1.59. The Balaban J connectivity index is 2.12. The molecule has 1 aromatic rings. The van der Waals surface area contributed by atoms with Crippen LogP contribution in [-0.2, 0) is 17.1 Å². The van der Waals surface area contributed by atoms with Crippen LogP contribution in [0.1, 0.15) is 12.8 Å². The number of piperidine rings is 1. The minimum absolute atomic E-state index is 0.0319. The number of aryl methyl sites for hydroxylation is 1. The van der Waals surface area contributed by atoms with Crippen molar-refractivity contribution in [2.24, 2.45) is 7.05 Å². The van der Waals surface area contributed by atoms with Crippen LogP contribution >= 0.6 is 11.6 Å². The normalized spacial score (nSPS) is 21.6. The highest BCUT2D eigenvalue weighted by atomic mass is 35.5. The van der Waals surface area contributed by atoms with Crippen LogP contribution in [0.5, 0.6) is 0 Å². The van der Waals surface area contributed by atoms with Gasteiger partial charge in [-0.15, -0.1) is 0 Å². The molecular formula is C9H15ClN4O2S. The molecule has 1 aliphatic heterocycles.